The number of ether oxygens (including phenoxy) is 1. The van der Waals surface area contributed by atoms with Gasteiger partial charge in [-0.05, 0) is 18.1 Å². The molecule has 1 aromatic heterocycles. The molecule has 0 saturated heterocycles. The first-order chi connectivity index (χ1) is 10.8. The Morgan fingerprint density at radius 1 is 1.27 bits per heavy atom. The maximum Gasteiger partial charge on any atom is 0.407 e. The van der Waals surface area contributed by atoms with Gasteiger partial charge in [-0.3, -0.25) is 4.98 Å². The summed E-state index contributed by atoms with van der Waals surface area (Å²) in [6.45, 7) is 0.777. The largest absolute Gasteiger partial charge is 0.445 e. The lowest BCUT2D eigenvalue weighted by Crippen LogP contribution is -2.24. The maximum absolute atomic E-state index is 11.5. The number of hydrogen-bond donors (Lipinski definition) is 2. The number of hydrogen-bond acceptors (Lipinski definition) is 4. The zero-order valence-corrected chi connectivity index (χ0v) is 12.2. The molecule has 0 atom stereocenters. The predicted octanol–water partition coefficient (Wildman–Crippen LogP) is 2.99. The fraction of sp³-hybridized carbons (Fsp3) is 0.176. The van der Waals surface area contributed by atoms with Gasteiger partial charge in [-0.1, -0.05) is 42.5 Å². The van der Waals surface area contributed by atoms with Gasteiger partial charge in [0.1, 0.15) is 6.61 Å². The standard InChI is InChI=1S/C17H19N3O2/c18-16-9-11-19-12-15(16)8-4-5-10-20-17(21)22-13-14-6-2-1-3-7-14/h1-4,6-9,11-12H,5,10,13H2,(H2,18,19)(H,20,21). The molecule has 1 amide bonds. The number of rotatable bonds is 6. The van der Waals surface area contributed by atoms with E-state index in [0.29, 0.717) is 18.7 Å². The van der Waals surface area contributed by atoms with Crippen LogP contribution in [-0.4, -0.2) is 17.6 Å². The molecule has 22 heavy (non-hydrogen) atoms. The third-order valence-corrected chi connectivity index (χ3v) is 2.98. The van der Waals surface area contributed by atoms with Crippen molar-refractivity contribution in [2.24, 2.45) is 0 Å². The third-order valence-electron chi connectivity index (χ3n) is 2.98. The predicted molar refractivity (Wildman–Crippen MR) is 86.9 cm³/mol. The van der Waals surface area contributed by atoms with Crippen LogP contribution in [0.15, 0.2) is 54.9 Å². The third kappa shape index (κ3) is 5.28. The number of aromatic nitrogens is 1. The van der Waals surface area contributed by atoms with E-state index in [1.165, 1.54) is 0 Å². The lowest BCUT2D eigenvalue weighted by atomic mass is 10.2. The molecule has 0 aliphatic carbocycles. The van der Waals surface area contributed by atoms with Crippen LogP contribution in [0.2, 0.25) is 0 Å². The van der Waals surface area contributed by atoms with Crippen molar-refractivity contribution in [3.8, 4) is 0 Å². The second-order valence-corrected chi connectivity index (χ2v) is 4.68. The van der Waals surface area contributed by atoms with Crippen LogP contribution in [0.5, 0.6) is 0 Å². The van der Waals surface area contributed by atoms with Crippen LogP contribution in [0.25, 0.3) is 6.08 Å². The second-order valence-electron chi connectivity index (χ2n) is 4.68. The van der Waals surface area contributed by atoms with E-state index in [2.05, 4.69) is 10.3 Å². The normalized spacial score (nSPS) is 10.5. The molecule has 1 heterocycles. The Bertz CT molecular complexity index is 627. The molecule has 114 valence electrons. The summed E-state index contributed by atoms with van der Waals surface area (Å²) in [6, 6.07) is 11.3. The molecular formula is C17H19N3O2. The molecule has 5 heteroatoms. The highest BCUT2D eigenvalue weighted by Crippen LogP contribution is 2.10. The number of nitrogens with one attached hydrogen (secondary N) is 1. The molecule has 2 aromatic rings. The van der Waals surface area contributed by atoms with Gasteiger partial charge in [-0.2, -0.15) is 0 Å². The number of carbonyl (C=O) groups excluding carboxylic acids is 1. The molecule has 0 fully saturated rings. The molecule has 0 spiro atoms. The van der Waals surface area contributed by atoms with Crippen LogP contribution in [0.1, 0.15) is 17.5 Å². The highest BCUT2D eigenvalue weighted by Gasteiger charge is 2.00. The fourth-order valence-corrected chi connectivity index (χ4v) is 1.80. The molecule has 0 saturated carbocycles. The van der Waals surface area contributed by atoms with Crippen LogP contribution in [0.4, 0.5) is 10.5 Å². The van der Waals surface area contributed by atoms with Gasteiger partial charge in [0.05, 0.1) is 0 Å². The topological polar surface area (TPSA) is 77.2 Å². The van der Waals surface area contributed by atoms with Crippen molar-refractivity contribution in [1.29, 1.82) is 0 Å². The Balaban J connectivity index is 1.64. The second kappa shape index (κ2) is 8.46. The minimum absolute atomic E-state index is 0.273. The molecule has 3 N–H and O–H groups in total. The smallest absolute Gasteiger partial charge is 0.407 e. The number of anilines is 1. The van der Waals surface area contributed by atoms with Crippen molar-refractivity contribution in [2.75, 3.05) is 12.3 Å². The van der Waals surface area contributed by atoms with Crippen LogP contribution in [0.3, 0.4) is 0 Å². The zero-order chi connectivity index (χ0) is 15.6. The SMILES string of the molecule is Nc1ccncc1C=CCCNC(=O)OCc1ccccc1. The monoisotopic (exact) mass is 297 g/mol. The highest BCUT2D eigenvalue weighted by atomic mass is 16.5. The number of benzene rings is 1. The molecule has 2 rings (SSSR count). The first-order valence-electron chi connectivity index (χ1n) is 7.06. The lowest BCUT2D eigenvalue weighted by molar-refractivity contribution is 0.140. The van der Waals surface area contributed by atoms with Crippen LogP contribution < -0.4 is 11.1 Å². The van der Waals surface area contributed by atoms with E-state index >= 15 is 0 Å². The molecule has 0 unspecified atom stereocenters. The first-order valence-corrected chi connectivity index (χ1v) is 7.06. The first kappa shape index (κ1) is 15.6. The van der Waals surface area contributed by atoms with Crippen LogP contribution in [0, 0.1) is 0 Å². The van der Waals surface area contributed by atoms with E-state index in [1.54, 1.807) is 18.5 Å². The van der Waals surface area contributed by atoms with Crippen molar-refractivity contribution in [1.82, 2.24) is 10.3 Å². The minimum atomic E-state index is -0.418. The summed E-state index contributed by atoms with van der Waals surface area (Å²) in [5, 5.41) is 2.69. The molecule has 1 aromatic carbocycles. The Labute approximate surface area is 129 Å². The van der Waals surface area contributed by atoms with Crippen LogP contribution >= 0.6 is 0 Å². The van der Waals surface area contributed by atoms with Crippen molar-refractivity contribution >= 4 is 17.9 Å². The summed E-state index contributed by atoms with van der Waals surface area (Å²) in [4.78, 5) is 15.5. The number of nitrogens with two attached hydrogens (primary N) is 1. The van der Waals surface area contributed by atoms with E-state index in [-0.39, 0.29) is 6.61 Å². The van der Waals surface area contributed by atoms with E-state index < -0.39 is 6.09 Å². The average Bonchev–Trinajstić information content (AvgIpc) is 2.55. The van der Waals surface area contributed by atoms with Gasteiger partial charge < -0.3 is 15.8 Å². The Kier molecular flexibility index (Phi) is 5.99. The highest BCUT2D eigenvalue weighted by molar-refractivity contribution is 5.67. The molecule has 0 aliphatic rings. The quantitative estimate of drug-likeness (QED) is 0.804. The summed E-state index contributed by atoms with van der Waals surface area (Å²) in [5.74, 6) is 0. The van der Waals surface area contributed by atoms with Crippen molar-refractivity contribution in [3.63, 3.8) is 0 Å². The Hall–Kier alpha value is -2.82. The van der Waals surface area contributed by atoms with E-state index in [4.69, 9.17) is 10.5 Å². The lowest BCUT2D eigenvalue weighted by Gasteiger charge is -2.06. The molecule has 0 radical (unpaired) electrons. The summed E-state index contributed by atoms with van der Waals surface area (Å²) < 4.78 is 5.11. The fourth-order valence-electron chi connectivity index (χ4n) is 1.80. The summed E-state index contributed by atoms with van der Waals surface area (Å²) in [7, 11) is 0. The van der Waals surface area contributed by atoms with Gasteiger partial charge in [0.15, 0.2) is 0 Å². The zero-order valence-electron chi connectivity index (χ0n) is 12.2. The number of alkyl carbamates (subject to hydrolysis) is 1. The van der Waals surface area contributed by atoms with Crippen molar-refractivity contribution in [2.45, 2.75) is 13.0 Å². The van der Waals surface area contributed by atoms with Crippen molar-refractivity contribution in [3.05, 3.63) is 66.0 Å². The molecule has 0 bridgehead atoms. The van der Waals surface area contributed by atoms with Gasteiger partial charge in [-0.25, -0.2) is 4.79 Å². The summed E-state index contributed by atoms with van der Waals surface area (Å²) in [6.07, 6.45) is 7.45. The van der Waals surface area contributed by atoms with E-state index in [9.17, 15) is 4.79 Å². The Morgan fingerprint density at radius 3 is 2.86 bits per heavy atom. The minimum Gasteiger partial charge on any atom is -0.445 e. The molecule has 5 nitrogen and oxygen atoms in total. The van der Waals surface area contributed by atoms with Gasteiger partial charge in [-0.15, -0.1) is 0 Å². The number of nitrogen functional groups attached to an aromatic ring is 1. The van der Waals surface area contributed by atoms with E-state index in [0.717, 1.165) is 11.1 Å². The van der Waals surface area contributed by atoms with E-state index in [1.807, 2.05) is 42.5 Å². The van der Waals surface area contributed by atoms with Crippen molar-refractivity contribution < 1.29 is 9.53 Å². The maximum atomic E-state index is 11.5. The number of nitrogens with zero attached hydrogens (tertiary/aromatic N) is 1. The number of amides is 1. The van der Waals surface area contributed by atoms with Gasteiger partial charge >= 0.3 is 6.09 Å². The molecular weight excluding hydrogens is 278 g/mol. The summed E-state index contributed by atoms with van der Waals surface area (Å²) >= 11 is 0. The summed E-state index contributed by atoms with van der Waals surface area (Å²) in [5.41, 5.74) is 8.31. The van der Waals surface area contributed by atoms with Gasteiger partial charge in [0.2, 0.25) is 0 Å². The van der Waals surface area contributed by atoms with Gasteiger partial charge in [0, 0.05) is 30.2 Å². The number of pyridine rings is 1. The van der Waals surface area contributed by atoms with Crippen LogP contribution in [-0.2, 0) is 11.3 Å². The van der Waals surface area contributed by atoms with Gasteiger partial charge in [0.25, 0.3) is 0 Å². The average molecular weight is 297 g/mol. The molecule has 0 aliphatic heterocycles. The Morgan fingerprint density at radius 2 is 2.09 bits per heavy atom. The number of carbonyl (C=O) groups is 1.